The summed E-state index contributed by atoms with van der Waals surface area (Å²) in [5.74, 6) is -0.0996. The fourth-order valence-corrected chi connectivity index (χ4v) is 1.78. The minimum absolute atomic E-state index is 0.0996. The summed E-state index contributed by atoms with van der Waals surface area (Å²) in [4.78, 5) is 19.2. The quantitative estimate of drug-likeness (QED) is 0.831. The molecular formula is C13H15N3O. The Labute approximate surface area is 100 Å². The molecule has 0 atom stereocenters. The number of H-pyrrole nitrogens is 1. The zero-order chi connectivity index (χ0) is 12.4. The fourth-order valence-electron chi connectivity index (χ4n) is 1.78. The van der Waals surface area contributed by atoms with E-state index in [9.17, 15) is 4.79 Å². The van der Waals surface area contributed by atoms with Crippen LogP contribution in [0.3, 0.4) is 0 Å². The number of carbonyl (C=O) groups excluding carboxylic acids is 1. The third kappa shape index (κ3) is 2.53. The van der Waals surface area contributed by atoms with E-state index in [0.29, 0.717) is 5.56 Å². The van der Waals surface area contributed by atoms with Crippen LogP contribution < -0.4 is 5.32 Å². The van der Waals surface area contributed by atoms with Crippen LogP contribution in [-0.2, 0) is 0 Å². The van der Waals surface area contributed by atoms with E-state index in [-0.39, 0.29) is 5.91 Å². The third-order valence-electron chi connectivity index (χ3n) is 2.55. The molecule has 17 heavy (non-hydrogen) atoms. The molecule has 2 rings (SSSR count). The Morgan fingerprint density at radius 2 is 2.06 bits per heavy atom. The number of hydrogen-bond donors (Lipinski definition) is 2. The summed E-state index contributed by atoms with van der Waals surface area (Å²) in [6.07, 6.45) is 1.68. The average molecular weight is 229 g/mol. The Balaban J connectivity index is 2.20. The van der Waals surface area contributed by atoms with Gasteiger partial charge in [0.25, 0.3) is 5.91 Å². The van der Waals surface area contributed by atoms with Crippen LogP contribution in [0.1, 0.15) is 27.4 Å². The van der Waals surface area contributed by atoms with Crippen molar-refractivity contribution in [1.29, 1.82) is 0 Å². The van der Waals surface area contributed by atoms with Crippen molar-refractivity contribution in [1.82, 2.24) is 9.97 Å². The lowest BCUT2D eigenvalue weighted by Gasteiger charge is -2.04. The van der Waals surface area contributed by atoms with Crippen molar-refractivity contribution in [3.05, 3.63) is 47.0 Å². The Kier molecular flexibility index (Phi) is 2.95. The van der Waals surface area contributed by atoms with E-state index in [4.69, 9.17) is 0 Å². The highest BCUT2D eigenvalue weighted by molar-refractivity contribution is 6.05. The normalized spacial score (nSPS) is 10.3. The van der Waals surface area contributed by atoms with Gasteiger partial charge in [0.2, 0.25) is 0 Å². The number of nitrogens with one attached hydrogen (secondary N) is 2. The molecule has 4 nitrogen and oxygen atoms in total. The first-order valence-electron chi connectivity index (χ1n) is 5.46. The minimum Gasteiger partial charge on any atom is -0.362 e. The molecule has 2 aromatic rings. The molecule has 0 fully saturated rings. The van der Waals surface area contributed by atoms with E-state index in [0.717, 1.165) is 22.8 Å². The van der Waals surface area contributed by atoms with E-state index < -0.39 is 0 Å². The maximum atomic E-state index is 12.0. The summed E-state index contributed by atoms with van der Waals surface area (Å²) in [5.41, 5.74) is 4.19. The topological polar surface area (TPSA) is 57.8 Å². The molecule has 1 amide bonds. The van der Waals surface area contributed by atoms with Gasteiger partial charge in [-0.15, -0.1) is 0 Å². The summed E-state index contributed by atoms with van der Waals surface area (Å²) < 4.78 is 0. The Morgan fingerprint density at radius 3 is 2.65 bits per heavy atom. The lowest BCUT2D eigenvalue weighted by molar-refractivity contribution is 0.102. The molecule has 88 valence electrons. The summed E-state index contributed by atoms with van der Waals surface area (Å²) in [6.45, 7) is 5.71. The highest BCUT2D eigenvalue weighted by Crippen LogP contribution is 2.13. The Morgan fingerprint density at radius 1 is 1.29 bits per heavy atom. The molecule has 2 heterocycles. The number of hydrogen-bond acceptors (Lipinski definition) is 2. The van der Waals surface area contributed by atoms with E-state index in [1.807, 2.05) is 32.9 Å². The van der Waals surface area contributed by atoms with Gasteiger partial charge >= 0.3 is 0 Å². The summed E-state index contributed by atoms with van der Waals surface area (Å²) in [5, 5.41) is 2.85. The van der Waals surface area contributed by atoms with Crippen molar-refractivity contribution in [3.63, 3.8) is 0 Å². The van der Waals surface area contributed by atoms with Crippen LogP contribution in [0.2, 0.25) is 0 Å². The molecule has 0 saturated carbocycles. The van der Waals surface area contributed by atoms with Crippen LogP contribution in [-0.4, -0.2) is 15.9 Å². The first-order valence-corrected chi connectivity index (χ1v) is 5.46. The lowest BCUT2D eigenvalue weighted by Crippen LogP contribution is -2.12. The molecule has 0 saturated heterocycles. The molecule has 2 aromatic heterocycles. The van der Waals surface area contributed by atoms with Gasteiger partial charge in [0.05, 0.1) is 5.56 Å². The monoisotopic (exact) mass is 229 g/mol. The van der Waals surface area contributed by atoms with Gasteiger partial charge < -0.3 is 10.3 Å². The van der Waals surface area contributed by atoms with Crippen LogP contribution >= 0.6 is 0 Å². The predicted molar refractivity (Wildman–Crippen MR) is 67.2 cm³/mol. The highest BCUT2D eigenvalue weighted by atomic mass is 16.1. The van der Waals surface area contributed by atoms with Crippen molar-refractivity contribution < 1.29 is 4.79 Å². The second-order valence-electron chi connectivity index (χ2n) is 4.13. The first-order chi connectivity index (χ1) is 8.06. The van der Waals surface area contributed by atoms with Crippen LogP contribution in [0.5, 0.6) is 0 Å². The Hall–Kier alpha value is -2.10. The zero-order valence-corrected chi connectivity index (χ0v) is 10.2. The number of pyridine rings is 1. The smallest absolute Gasteiger partial charge is 0.257 e. The second kappa shape index (κ2) is 4.41. The van der Waals surface area contributed by atoms with Gasteiger partial charge in [-0.2, -0.15) is 0 Å². The SMILES string of the molecule is Cc1cc(NC(=O)c2cc(C)[nH]c2C)ccn1. The largest absolute Gasteiger partial charge is 0.362 e. The maximum absolute atomic E-state index is 12.0. The van der Waals surface area contributed by atoms with Gasteiger partial charge in [-0.3, -0.25) is 9.78 Å². The molecule has 4 heteroatoms. The number of nitrogens with zero attached hydrogens (tertiary/aromatic N) is 1. The average Bonchev–Trinajstić information content (AvgIpc) is 2.58. The van der Waals surface area contributed by atoms with Crippen molar-refractivity contribution in [2.75, 3.05) is 5.32 Å². The lowest BCUT2D eigenvalue weighted by atomic mass is 10.2. The molecule has 0 spiro atoms. The zero-order valence-electron chi connectivity index (χ0n) is 10.2. The number of aromatic nitrogens is 2. The van der Waals surface area contributed by atoms with E-state index in [1.165, 1.54) is 0 Å². The molecule has 2 N–H and O–H groups in total. The third-order valence-corrected chi connectivity index (χ3v) is 2.55. The van der Waals surface area contributed by atoms with Crippen LogP contribution in [0.25, 0.3) is 0 Å². The van der Waals surface area contributed by atoms with Gasteiger partial charge in [-0.25, -0.2) is 0 Å². The predicted octanol–water partition coefficient (Wildman–Crippen LogP) is 2.59. The molecule has 0 unspecified atom stereocenters. The number of rotatable bonds is 2. The first kappa shape index (κ1) is 11.4. The second-order valence-corrected chi connectivity index (χ2v) is 4.13. The van der Waals surface area contributed by atoms with Gasteiger partial charge in [-0.1, -0.05) is 0 Å². The van der Waals surface area contributed by atoms with Crippen molar-refractivity contribution in [2.45, 2.75) is 20.8 Å². The molecule has 0 aliphatic heterocycles. The van der Waals surface area contributed by atoms with Gasteiger partial charge in [0.1, 0.15) is 0 Å². The summed E-state index contributed by atoms with van der Waals surface area (Å²) in [7, 11) is 0. The molecule has 0 radical (unpaired) electrons. The van der Waals surface area contributed by atoms with E-state index >= 15 is 0 Å². The molecule has 0 aliphatic rings. The van der Waals surface area contributed by atoms with E-state index in [2.05, 4.69) is 15.3 Å². The van der Waals surface area contributed by atoms with Gasteiger partial charge in [0.15, 0.2) is 0 Å². The van der Waals surface area contributed by atoms with Gasteiger partial charge in [-0.05, 0) is 39.0 Å². The van der Waals surface area contributed by atoms with Gasteiger partial charge in [0, 0.05) is 29.0 Å². The highest BCUT2D eigenvalue weighted by Gasteiger charge is 2.11. The van der Waals surface area contributed by atoms with Crippen molar-refractivity contribution >= 4 is 11.6 Å². The summed E-state index contributed by atoms with van der Waals surface area (Å²) >= 11 is 0. The van der Waals surface area contributed by atoms with Crippen LogP contribution in [0, 0.1) is 20.8 Å². The van der Waals surface area contributed by atoms with Crippen LogP contribution in [0.15, 0.2) is 24.4 Å². The van der Waals surface area contributed by atoms with Crippen molar-refractivity contribution in [3.8, 4) is 0 Å². The van der Waals surface area contributed by atoms with Crippen molar-refractivity contribution in [2.24, 2.45) is 0 Å². The number of anilines is 1. The number of aromatic amines is 1. The Bertz CT molecular complexity index is 558. The fraction of sp³-hybridized carbons (Fsp3) is 0.231. The number of amides is 1. The summed E-state index contributed by atoms with van der Waals surface area (Å²) in [6, 6.07) is 5.46. The molecule has 0 aromatic carbocycles. The number of carbonyl (C=O) groups is 1. The number of aryl methyl sites for hydroxylation is 3. The standard InChI is InChI=1S/C13H15N3O/c1-8-6-11(4-5-14-8)16-13(17)12-7-9(2)15-10(12)3/h4-7,15H,1-3H3,(H,14,16,17). The molecule has 0 bridgehead atoms. The molecular weight excluding hydrogens is 214 g/mol. The minimum atomic E-state index is -0.0996. The van der Waals surface area contributed by atoms with E-state index in [1.54, 1.807) is 12.3 Å². The van der Waals surface area contributed by atoms with Crippen LogP contribution in [0.4, 0.5) is 5.69 Å². The molecule has 0 aliphatic carbocycles. The maximum Gasteiger partial charge on any atom is 0.257 e.